The number of nitrogens with zero attached hydrogens (tertiary/aromatic N) is 1. The van der Waals surface area contributed by atoms with Crippen LogP contribution in [0.5, 0.6) is 0 Å². The van der Waals surface area contributed by atoms with Gasteiger partial charge in [0, 0.05) is 23.5 Å². The van der Waals surface area contributed by atoms with Crippen LogP contribution in [0, 0.1) is 0 Å². The molecular formula is C21H25N3O3S. The summed E-state index contributed by atoms with van der Waals surface area (Å²) in [6.07, 6.45) is 1.98. The van der Waals surface area contributed by atoms with Crippen molar-refractivity contribution in [2.45, 2.75) is 31.0 Å². The van der Waals surface area contributed by atoms with Gasteiger partial charge in [-0.2, -0.15) is 0 Å². The molecule has 0 bridgehead atoms. The predicted octanol–water partition coefficient (Wildman–Crippen LogP) is 2.94. The van der Waals surface area contributed by atoms with E-state index in [9.17, 15) is 14.7 Å². The Bertz CT molecular complexity index is 821. The van der Waals surface area contributed by atoms with Gasteiger partial charge in [-0.3, -0.25) is 4.79 Å². The second-order valence-corrected chi connectivity index (χ2v) is 8.03. The molecule has 6 nitrogen and oxygen atoms in total. The van der Waals surface area contributed by atoms with Gasteiger partial charge in [-0.1, -0.05) is 30.3 Å². The summed E-state index contributed by atoms with van der Waals surface area (Å²) >= 11 is 1.50. The first-order chi connectivity index (χ1) is 13.4. The van der Waals surface area contributed by atoms with E-state index in [2.05, 4.69) is 17.2 Å². The molecule has 3 unspecified atom stereocenters. The molecular weight excluding hydrogens is 374 g/mol. The monoisotopic (exact) mass is 399 g/mol. The van der Waals surface area contributed by atoms with Gasteiger partial charge in [0.1, 0.15) is 0 Å². The third-order valence-electron chi connectivity index (χ3n) is 5.00. The number of amides is 3. The summed E-state index contributed by atoms with van der Waals surface area (Å²) in [5.74, 6) is -0.277. The Morgan fingerprint density at radius 2 is 2.07 bits per heavy atom. The van der Waals surface area contributed by atoms with Crippen LogP contribution in [-0.4, -0.2) is 46.7 Å². The highest BCUT2D eigenvalue weighted by Gasteiger charge is 2.48. The molecule has 2 aromatic rings. The zero-order valence-electron chi connectivity index (χ0n) is 15.8. The highest BCUT2D eigenvalue weighted by Crippen LogP contribution is 2.39. The SMILES string of the molecule is C=CCNC(=O)N1CCC(C)(O)C(NC(=O)c2ccccc2)C1c1cccs1. The lowest BCUT2D eigenvalue weighted by Gasteiger charge is -2.48. The van der Waals surface area contributed by atoms with Crippen LogP contribution in [0.25, 0.3) is 0 Å². The Morgan fingerprint density at radius 1 is 1.32 bits per heavy atom. The molecule has 0 radical (unpaired) electrons. The number of urea groups is 1. The van der Waals surface area contributed by atoms with E-state index in [-0.39, 0.29) is 11.9 Å². The molecule has 1 aliphatic rings. The number of piperidine rings is 1. The van der Waals surface area contributed by atoms with Gasteiger partial charge in [-0.05, 0) is 36.9 Å². The predicted molar refractivity (Wildman–Crippen MR) is 110 cm³/mol. The number of hydrogen-bond acceptors (Lipinski definition) is 4. The number of rotatable bonds is 5. The molecule has 148 valence electrons. The Kier molecular flexibility index (Phi) is 6.16. The quantitative estimate of drug-likeness (QED) is 0.676. The lowest BCUT2D eigenvalue weighted by Crippen LogP contribution is -2.64. The third-order valence-corrected chi connectivity index (χ3v) is 5.94. The molecule has 3 rings (SSSR count). The fourth-order valence-electron chi connectivity index (χ4n) is 3.48. The van der Waals surface area contributed by atoms with Gasteiger partial charge in [0.25, 0.3) is 5.91 Å². The van der Waals surface area contributed by atoms with Crippen LogP contribution in [-0.2, 0) is 0 Å². The van der Waals surface area contributed by atoms with Gasteiger partial charge >= 0.3 is 6.03 Å². The number of likely N-dealkylation sites (tertiary alicyclic amines) is 1. The Morgan fingerprint density at radius 3 is 2.71 bits per heavy atom. The van der Waals surface area contributed by atoms with Gasteiger partial charge in [0.05, 0.1) is 17.7 Å². The van der Waals surface area contributed by atoms with Crippen LogP contribution >= 0.6 is 11.3 Å². The first-order valence-corrected chi connectivity index (χ1v) is 10.1. The van der Waals surface area contributed by atoms with E-state index in [0.29, 0.717) is 25.1 Å². The van der Waals surface area contributed by atoms with Gasteiger partial charge < -0.3 is 20.6 Å². The fraction of sp³-hybridized carbons (Fsp3) is 0.333. The van der Waals surface area contributed by atoms with Crippen LogP contribution < -0.4 is 10.6 Å². The number of carbonyl (C=O) groups excluding carboxylic acids is 2. The minimum absolute atomic E-state index is 0.243. The minimum Gasteiger partial charge on any atom is -0.388 e. The summed E-state index contributed by atoms with van der Waals surface area (Å²) in [6, 6.07) is 11.3. The lowest BCUT2D eigenvalue weighted by atomic mass is 9.81. The van der Waals surface area contributed by atoms with E-state index in [1.54, 1.807) is 42.2 Å². The number of hydrogen-bond donors (Lipinski definition) is 3. The topological polar surface area (TPSA) is 81.7 Å². The fourth-order valence-corrected chi connectivity index (χ4v) is 4.35. The van der Waals surface area contributed by atoms with E-state index in [0.717, 1.165) is 4.88 Å². The summed E-state index contributed by atoms with van der Waals surface area (Å²) in [7, 11) is 0. The van der Waals surface area contributed by atoms with Crippen molar-refractivity contribution in [1.29, 1.82) is 0 Å². The second-order valence-electron chi connectivity index (χ2n) is 7.05. The summed E-state index contributed by atoms with van der Waals surface area (Å²) in [5, 5.41) is 18.8. The molecule has 2 heterocycles. The Labute approximate surface area is 168 Å². The Balaban J connectivity index is 1.93. The Hall–Kier alpha value is -2.64. The molecule has 3 N–H and O–H groups in total. The first-order valence-electron chi connectivity index (χ1n) is 9.21. The highest BCUT2D eigenvalue weighted by atomic mass is 32.1. The standard InChI is InChI=1S/C21H25N3O3S/c1-3-12-22-20(26)24-13-11-21(2,27)18(17(24)16-10-7-14-28-16)23-19(25)15-8-5-4-6-9-15/h3-10,14,17-18,27H,1,11-13H2,2H3,(H,22,26)(H,23,25). The number of carbonyl (C=O) groups is 2. The van der Waals surface area contributed by atoms with E-state index < -0.39 is 17.7 Å². The zero-order valence-corrected chi connectivity index (χ0v) is 16.6. The molecule has 1 aromatic heterocycles. The molecule has 3 atom stereocenters. The smallest absolute Gasteiger partial charge is 0.318 e. The molecule has 1 aromatic carbocycles. The zero-order chi connectivity index (χ0) is 20.1. The van der Waals surface area contributed by atoms with Crippen molar-refractivity contribution in [3.8, 4) is 0 Å². The molecule has 0 aliphatic carbocycles. The number of nitrogens with one attached hydrogen (secondary N) is 2. The molecule has 1 fully saturated rings. The summed E-state index contributed by atoms with van der Waals surface area (Å²) < 4.78 is 0. The van der Waals surface area contributed by atoms with Crippen molar-refractivity contribution in [2.75, 3.05) is 13.1 Å². The van der Waals surface area contributed by atoms with E-state index in [1.165, 1.54) is 11.3 Å². The van der Waals surface area contributed by atoms with Crippen molar-refractivity contribution in [3.05, 3.63) is 70.9 Å². The van der Waals surface area contributed by atoms with Crippen molar-refractivity contribution in [1.82, 2.24) is 15.5 Å². The molecule has 0 spiro atoms. The van der Waals surface area contributed by atoms with Gasteiger partial charge in [0.15, 0.2) is 0 Å². The summed E-state index contributed by atoms with van der Waals surface area (Å²) in [4.78, 5) is 28.2. The van der Waals surface area contributed by atoms with Crippen molar-refractivity contribution < 1.29 is 14.7 Å². The van der Waals surface area contributed by atoms with E-state index in [1.807, 2.05) is 23.6 Å². The maximum absolute atomic E-state index is 12.8. The van der Waals surface area contributed by atoms with Crippen LogP contribution in [0.15, 0.2) is 60.5 Å². The largest absolute Gasteiger partial charge is 0.388 e. The van der Waals surface area contributed by atoms with Crippen molar-refractivity contribution >= 4 is 23.3 Å². The minimum atomic E-state index is -1.16. The molecule has 28 heavy (non-hydrogen) atoms. The second kappa shape index (κ2) is 8.58. The number of benzene rings is 1. The van der Waals surface area contributed by atoms with Gasteiger partial charge in [-0.15, -0.1) is 17.9 Å². The highest BCUT2D eigenvalue weighted by molar-refractivity contribution is 7.10. The lowest BCUT2D eigenvalue weighted by molar-refractivity contribution is -0.0502. The van der Waals surface area contributed by atoms with E-state index >= 15 is 0 Å². The average molecular weight is 400 g/mol. The molecule has 1 aliphatic heterocycles. The van der Waals surface area contributed by atoms with Crippen molar-refractivity contribution in [2.24, 2.45) is 0 Å². The van der Waals surface area contributed by atoms with Crippen molar-refractivity contribution in [3.63, 3.8) is 0 Å². The van der Waals surface area contributed by atoms with Crippen LogP contribution in [0.2, 0.25) is 0 Å². The number of thiophene rings is 1. The number of aliphatic hydroxyl groups is 1. The maximum Gasteiger partial charge on any atom is 0.318 e. The molecule has 1 saturated heterocycles. The van der Waals surface area contributed by atoms with Gasteiger partial charge in [-0.25, -0.2) is 4.79 Å². The normalized spacial score (nSPS) is 24.4. The third kappa shape index (κ3) is 4.26. The summed E-state index contributed by atoms with van der Waals surface area (Å²) in [5.41, 5.74) is -0.648. The first kappa shape index (κ1) is 20.1. The molecule has 3 amide bonds. The molecule has 0 saturated carbocycles. The van der Waals surface area contributed by atoms with Crippen LogP contribution in [0.4, 0.5) is 4.79 Å². The summed E-state index contributed by atoms with van der Waals surface area (Å²) in [6.45, 7) is 6.08. The van der Waals surface area contributed by atoms with Gasteiger partial charge in [0.2, 0.25) is 0 Å². The van der Waals surface area contributed by atoms with Crippen LogP contribution in [0.3, 0.4) is 0 Å². The van der Waals surface area contributed by atoms with Crippen LogP contribution in [0.1, 0.15) is 34.6 Å². The molecule has 7 heteroatoms. The maximum atomic E-state index is 12.8. The van der Waals surface area contributed by atoms with E-state index in [4.69, 9.17) is 0 Å². The average Bonchev–Trinajstić information content (AvgIpc) is 3.22.